The van der Waals surface area contributed by atoms with E-state index in [1.165, 1.54) is 6.07 Å². The number of hydrogen-bond acceptors (Lipinski definition) is 2. The lowest BCUT2D eigenvalue weighted by Crippen LogP contribution is -2.32. The van der Waals surface area contributed by atoms with Crippen LogP contribution in [-0.4, -0.2) is 11.2 Å². The predicted molar refractivity (Wildman–Crippen MR) is 47.6 cm³/mol. The van der Waals surface area contributed by atoms with Gasteiger partial charge in [-0.3, -0.25) is 0 Å². The zero-order valence-corrected chi connectivity index (χ0v) is 7.50. The molecule has 0 saturated heterocycles. The van der Waals surface area contributed by atoms with Crippen molar-refractivity contribution in [1.29, 1.82) is 0 Å². The molecular formula is C10H11F2NO. The van der Waals surface area contributed by atoms with Gasteiger partial charge in [-0.05, 0) is 30.0 Å². The highest BCUT2D eigenvalue weighted by Crippen LogP contribution is 2.30. The van der Waals surface area contributed by atoms with Gasteiger partial charge in [0.15, 0.2) is 0 Å². The molecule has 0 aliphatic heterocycles. The summed E-state index contributed by atoms with van der Waals surface area (Å²) in [7, 11) is 0. The summed E-state index contributed by atoms with van der Waals surface area (Å²) >= 11 is 0. The third-order valence-corrected chi connectivity index (χ3v) is 2.66. The van der Waals surface area contributed by atoms with E-state index in [4.69, 9.17) is 5.73 Å². The van der Waals surface area contributed by atoms with Crippen LogP contribution in [0.15, 0.2) is 12.1 Å². The van der Waals surface area contributed by atoms with Crippen LogP contribution in [0.2, 0.25) is 0 Å². The van der Waals surface area contributed by atoms with Gasteiger partial charge in [-0.25, -0.2) is 8.78 Å². The molecule has 4 heteroatoms. The van der Waals surface area contributed by atoms with Crippen molar-refractivity contribution in [1.82, 2.24) is 0 Å². The van der Waals surface area contributed by atoms with Crippen molar-refractivity contribution in [3.63, 3.8) is 0 Å². The van der Waals surface area contributed by atoms with Crippen LogP contribution in [0.1, 0.15) is 23.6 Å². The van der Waals surface area contributed by atoms with Crippen molar-refractivity contribution in [2.75, 3.05) is 0 Å². The summed E-state index contributed by atoms with van der Waals surface area (Å²) in [6.07, 6.45) is 0.135. The van der Waals surface area contributed by atoms with E-state index in [2.05, 4.69) is 0 Å². The largest absolute Gasteiger partial charge is 0.391 e. The van der Waals surface area contributed by atoms with Gasteiger partial charge >= 0.3 is 0 Å². The normalized spacial score (nSPS) is 26.0. The summed E-state index contributed by atoms with van der Waals surface area (Å²) in [4.78, 5) is 0. The first kappa shape index (κ1) is 9.55. The minimum Gasteiger partial charge on any atom is -0.391 e. The molecule has 0 aromatic heterocycles. The molecule has 0 amide bonds. The highest BCUT2D eigenvalue weighted by atomic mass is 19.1. The monoisotopic (exact) mass is 199 g/mol. The van der Waals surface area contributed by atoms with Crippen LogP contribution in [0.4, 0.5) is 8.78 Å². The Kier molecular flexibility index (Phi) is 2.25. The maximum atomic E-state index is 13.3. The quantitative estimate of drug-likeness (QED) is 0.661. The second-order valence-electron chi connectivity index (χ2n) is 3.59. The second-order valence-corrected chi connectivity index (χ2v) is 3.59. The Morgan fingerprint density at radius 1 is 1.36 bits per heavy atom. The van der Waals surface area contributed by atoms with E-state index in [0.29, 0.717) is 24.0 Å². The van der Waals surface area contributed by atoms with Crippen molar-refractivity contribution < 1.29 is 13.9 Å². The Labute approximate surface area is 80.4 Å². The highest BCUT2D eigenvalue weighted by molar-refractivity contribution is 5.35. The number of rotatable bonds is 0. The molecule has 76 valence electrons. The number of fused-ring (bicyclic) bond motifs is 1. The Balaban J connectivity index is 2.54. The Morgan fingerprint density at radius 3 is 2.79 bits per heavy atom. The van der Waals surface area contributed by atoms with E-state index in [1.54, 1.807) is 0 Å². The third kappa shape index (κ3) is 1.40. The first-order valence-electron chi connectivity index (χ1n) is 4.51. The lowest BCUT2D eigenvalue weighted by atomic mass is 9.86. The lowest BCUT2D eigenvalue weighted by Gasteiger charge is -2.27. The van der Waals surface area contributed by atoms with Gasteiger partial charge in [-0.15, -0.1) is 0 Å². The molecule has 0 fully saturated rings. The molecule has 1 aromatic carbocycles. The summed E-state index contributed by atoms with van der Waals surface area (Å²) in [5, 5.41) is 9.44. The number of halogens is 2. The number of aliphatic hydroxyl groups is 1. The Bertz CT molecular complexity index is 367. The zero-order valence-electron chi connectivity index (χ0n) is 7.50. The van der Waals surface area contributed by atoms with Crippen LogP contribution >= 0.6 is 0 Å². The molecule has 0 spiro atoms. The SMILES string of the molecule is N[C@@H]1c2cc(F)cc(F)c2CC[C@H]1O. The minimum absolute atomic E-state index is 0.390. The van der Waals surface area contributed by atoms with Crippen LogP contribution in [0, 0.1) is 11.6 Å². The molecule has 2 atom stereocenters. The smallest absolute Gasteiger partial charge is 0.129 e. The summed E-state index contributed by atoms with van der Waals surface area (Å²) in [6.45, 7) is 0. The van der Waals surface area contributed by atoms with Gasteiger partial charge in [-0.1, -0.05) is 0 Å². The van der Waals surface area contributed by atoms with Crippen LogP contribution in [0.5, 0.6) is 0 Å². The van der Waals surface area contributed by atoms with Gasteiger partial charge in [0.25, 0.3) is 0 Å². The van der Waals surface area contributed by atoms with Gasteiger partial charge < -0.3 is 10.8 Å². The number of benzene rings is 1. The van der Waals surface area contributed by atoms with Gasteiger partial charge in [-0.2, -0.15) is 0 Å². The van der Waals surface area contributed by atoms with Gasteiger partial charge in [0.2, 0.25) is 0 Å². The number of hydrogen-bond donors (Lipinski definition) is 2. The van der Waals surface area contributed by atoms with Crippen LogP contribution in [0.25, 0.3) is 0 Å². The number of nitrogens with two attached hydrogens (primary N) is 1. The number of aliphatic hydroxyl groups excluding tert-OH is 1. The van der Waals surface area contributed by atoms with Crippen molar-refractivity contribution in [2.45, 2.75) is 25.0 Å². The molecule has 0 radical (unpaired) electrons. The van der Waals surface area contributed by atoms with Crippen LogP contribution in [0.3, 0.4) is 0 Å². The van der Waals surface area contributed by atoms with E-state index in [0.717, 1.165) is 6.07 Å². The summed E-state index contributed by atoms with van der Waals surface area (Å²) in [6, 6.07) is 1.37. The second kappa shape index (κ2) is 3.29. The van der Waals surface area contributed by atoms with Gasteiger partial charge in [0.1, 0.15) is 11.6 Å². The molecular weight excluding hydrogens is 188 g/mol. The van der Waals surface area contributed by atoms with Crippen molar-refractivity contribution >= 4 is 0 Å². The molecule has 1 aliphatic rings. The average molecular weight is 199 g/mol. The standard InChI is InChI=1S/C10H11F2NO/c11-5-3-7-6(8(12)4-5)1-2-9(14)10(7)13/h3-4,9-10,14H,1-2,13H2/t9-,10-/m1/s1. The minimum atomic E-state index is -0.705. The molecule has 0 heterocycles. The molecule has 3 N–H and O–H groups in total. The van der Waals surface area contributed by atoms with Crippen molar-refractivity contribution in [3.05, 3.63) is 34.9 Å². The molecule has 14 heavy (non-hydrogen) atoms. The molecule has 1 aliphatic carbocycles. The highest BCUT2D eigenvalue weighted by Gasteiger charge is 2.27. The van der Waals surface area contributed by atoms with Crippen molar-refractivity contribution in [3.8, 4) is 0 Å². The lowest BCUT2D eigenvalue weighted by molar-refractivity contribution is 0.127. The zero-order chi connectivity index (χ0) is 10.3. The fourth-order valence-electron chi connectivity index (χ4n) is 1.86. The third-order valence-electron chi connectivity index (χ3n) is 2.66. The first-order chi connectivity index (χ1) is 6.59. The molecule has 0 saturated carbocycles. The summed E-state index contributed by atoms with van der Waals surface area (Å²) in [5.74, 6) is -1.21. The van der Waals surface area contributed by atoms with E-state index >= 15 is 0 Å². The topological polar surface area (TPSA) is 46.2 Å². The summed E-state index contributed by atoms with van der Waals surface area (Å²) in [5.41, 5.74) is 6.47. The van der Waals surface area contributed by atoms with E-state index in [9.17, 15) is 13.9 Å². The van der Waals surface area contributed by atoms with E-state index in [1.807, 2.05) is 0 Å². The molecule has 1 aromatic rings. The maximum Gasteiger partial charge on any atom is 0.129 e. The molecule has 0 unspecified atom stereocenters. The van der Waals surface area contributed by atoms with Gasteiger partial charge in [0.05, 0.1) is 12.1 Å². The first-order valence-corrected chi connectivity index (χ1v) is 4.51. The fraction of sp³-hybridized carbons (Fsp3) is 0.400. The average Bonchev–Trinajstić information content (AvgIpc) is 2.12. The fourth-order valence-corrected chi connectivity index (χ4v) is 1.86. The maximum absolute atomic E-state index is 13.3. The Hall–Kier alpha value is -1.00. The van der Waals surface area contributed by atoms with E-state index in [-0.39, 0.29) is 0 Å². The Morgan fingerprint density at radius 2 is 2.07 bits per heavy atom. The van der Waals surface area contributed by atoms with Crippen LogP contribution in [-0.2, 0) is 6.42 Å². The van der Waals surface area contributed by atoms with Crippen LogP contribution < -0.4 is 5.73 Å². The van der Waals surface area contributed by atoms with Gasteiger partial charge in [0, 0.05) is 6.07 Å². The predicted octanol–water partition coefficient (Wildman–Crippen LogP) is 1.27. The summed E-state index contributed by atoms with van der Waals surface area (Å²) < 4.78 is 26.1. The molecule has 2 nitrogen and oxygen atoms in total. The molecule has 2 rings (SSSR count). The van der Waals surface area contributed by atoms with E-state index < -0.39 is 23.8 Å². The van der Waals surface area contributed by atoms with Crippen molar-refractivity contribution in [2.24, 2.45) is 5.73 Å². The molecule has 0 bridgehead atoms.